The molecule has 1 fully saturated rings. The zero-order valence-electron chi connectivity index (χ0n) is 12.4. The third kappa shape index (κ3) is 2.76. The fourth-order valence-corrected chi connectivity index (χ4v) is 2.81. The fourth-order valence-electron chi connectivity index (χ4n) is 2.81. The molecule has 3 rings (SSSR count). The minimum absolute atomic E-state index is 0.117. The van der Waals surface area contributed by atoms with Crippen molar-refractivity contribution in [1.29, 1.82) is 0 Å². The highest BCUT2D eigenvalue weighted by Crippen LogP contribution is 2.40. The van der Waals surface area contributed by atoms with Crippen molar-refractivity contribution in [2.75, 3.05) is 13.2 Å². The predicted molar refractivity (Wildman–Crippen MR) is 79.0 cm³/mol. The Kier molecular flexibility index (Phi) is 3.97. The first-order valence-corrected chi connectivity index (χ1v) is 7.33. The van der Waals surface area contributed by atoms with Gasteiger partial charge in [0.25, 0.3) is 0 Å². The van der Waals surface area contributed by atoms with Crippen LogP contribution in [0.25, 0.3) is 11.3 Å². The van der Waals surface area contributed by atoms with Crippen molar-refractivity contribution in [1.82, 2.24) is 9.97 Å². The molecule has 1 aromatic heterocycles. The van der Waals surface area contributed by atoms with Gasteiger partial charge >= 0.3 is 0 Å². The van der Waals surface area contributed by atoms with Crippen LogP contribution < -0.4 is 5.73 Å². The maximum atomic E-state index is 13.8. The van der Waals surface area contributed by atoms with Crippen molar-refractivity contribution in [3.63, 3.8) is 0 Å². The van der Waals surface area contributed by atoms with Crippen molar-refractivity contribution in [2.45, 2.75) is 25.8 Å². The Balaban J connectivity index is 1.88. The smallest absolute Gasteiger partial charge is 0.132 e. The fraction of sp³-hybridized carbons (Fsp3) is 0.438. The third-order valence-corrected chi connectivity index (χ3v) is 4.49. The number of aromatic nitrogens is 2. The summed E-state index contributed by atoms with van der Waals surface area (Å²) in [4.78, 5) is 7.31. The number of nitrogens with two attached hydrogens (primary N) is 1. The number of hydrogen-bond acceptors (Lipinski definition) is 3. The van der Waals surface area contributed by atoms with Crippen LogP contribution in [0.15, 0.2) is 24.4 Å². The molecule has 2 heterocycles. The molecule has 1 atom stereocenters. The molecule has 0 amide bonds. The lowest BCUT2D eigenvalue weighted by atomic mass is 9.76. The summed E-state index contributed by atoms with van der Waals surface area (Å²) in [6.45, 7) is 3.46. The molecule has 0 radical (unpaired) electrons. The molecule has 0 aliphatic carbocycles. The molecule has 6 heteroatoms. The lowest BCUT2D eigenvalue weighted by molar-refractivity contribution is 0.00934. The molecule has 4 nitrogen and oxygen atoms in total. The molecule has 3 N–H and O–H groups in total. The number of imidazole rings is 1. The van der Waals surface area contributed by atoms with Gasteiger partial charge in [0.15, 0.2) is 0 Å². The summed E-state index contributed by atoms with van der Waals surface area (Å²) in [5, 5.41) is 0. The van der Waals surface area contributed by atoms with Crippen LogP contribution in [0.5, 0.6) is 0 Å². The molecule has 1 aliphatic rings. The van der Waals surface area contributed by atoms with Crippen molar-refractivity contribution < 1.29 is 13.5 Å². The minimum Gasteiger partial charge on any atom is -0.381 e. The van der Waals surface area contributed by atoms with Crippen LogP contribution in [-0.2, 0) is 4.74 Å². The van der Waals surface area contributed by atoms with Gasteiger partial charge in [0.1, 0.15) is 17.5 Å². The number of ether oxygens (including phenoxy) is 1. The number of nitrogens with one attached hydrogen (secondary N) is 1. The van der Waals surface area contributed by atoms with Gasteiger partial charge in [-0.05, 0) is 36.5 Å². The number of rotatable bonds is 3. The van der Waals surface area contributed by atoms with Crippen LogP contribution in [0.2, 0.25) is 0 Å². The van der Waals surface area contributed by atoms with Crippen LogP contribution in [0, 0.1) is 17.0 Å². The topological polar surface area (TPSA) is 63.9 Å². The monoisotopic (exact) mass is 307 g/mol. The maximum Gasteiger partial charge on any atom is 0.132 e. The molecule has 22 heavy (non-hydrogen) atoms. The Morgan fingerprint density at radius 1 is 1.32 bits per heavy atom. The molecule has 0 bridgehead atoms. The number of aromatic amines is 1. The second-order valence-electron chi connectivity index (χ2n) is 6.05. The molecule has 2 aromatic rings. The third-order valence-electron chi connectivity index (χ3n) is 4.49. The van der Waals surface area contributed by atoms with Crippen LogP contribution in [0.1, 0.15) is 31.6 Å². The quantitative estimate of drug-likeness (QED) is 0.915. The van der Waals surface area contributed by atoms with E-state index in [1.54, 1.807) is 0 Å². The van der Waals surface area contributed by atoms with E-state index in [0.29, 0.717) is 24.7 Å². The highest BCUT2D eigenvalue weighted by molar-refractivity contribution is 5.59. The first-order valence-electron chi connectivity index (χ1n) is 7.33. The van der Waals surface area contributed by atoms with E-state index in [2.05, 4.69) is 16.9 Å². The molecular formula is C16H19F2N3O. The van der Waals surface area contributed by atoms with Crippen LogP contribution in [0.3, 0.4) is 0 Å². The van der Waals surface area contributed by atoms with Crippen LogP contribution >= 0.6 is 0 Å². The lowest BCUT2D eigenvalue weighted by Crippen LogP contribution is -2.37. The van der Waals surface area contributed by atoms with Gasteiger partial charge in [0.2, 0.25) is 0 Å². The Bertz CT molecular complexity index is 665. The van der Waals surface area contributed by atoms with Gasteiger partial charge in [-0.3, -0.25) is 0 Å². The number of halogens is 2. The van der Waals surface area contributed by atoms with Gasteiger partial charge in [-0.25, -0.2) is 13.8 Å². The Morgan fingerprint density at radius 2 is 2.05 bits per heavy atom. The van der Waals surface area contributed by atoms with E-state index >= 15 is 0 Å². The van der Waals surface area contributed by atoms with Crippen LogP contribution in [0.4, 0.5) is 8.78 Å². The van der Waals surface area contributed by atoms with Crippen molar-refractivity contribution in [3.8, 4) is 11.3 Å². The molecule has 1 saturated heterocycles. The zero-order chi connectivity index (χ0) is 15.7. The standard InChI is InChI=1S/C16H19F2N3O/c1-16(4-6-22-7-5-16)14(19)15-20-9-13(21-15)11-8-10(17)2-3-12(11)18/h2-3,8-9,14H,4-7,19H2,1H3,(H,20,21)/t14-/m0/s1. The summed E-state index contributed by atoms with van der Waals surface area (Å²) < 4.78 is 32.5. The summed E-state index contributed by atoms with van der Waals surface area (Å²) >= 11 is 0. The van der Waals surface area contributed by atoms with Gasteiger partial charge in [0, 0.05) is 18.8 Å². The Morgan fingerprint density at radius 3 is 2.77 bits per heavy atom. The van der Waals surface area contributed by atoms with E-state index in [0.717, 1.165) is 31.0 Å². The maximum absolute atomic E-state index is 13.8. The summed E-state index contributed by atoms with van der Waals surface area (Å²) in [6.07, 6.45) is 3.19. The number of nitrogens with zero attached hydrogens (tertiary/aromatic N) is 1. The number of benzene rings is 1. The first-order chi connectivity index (χ1) is 10.5. The number of hydrogen-bond donors (Lipinski definition) is 2. The highest BCUT2D eigenvalue weighted by Gasteiger charge is 2.36. The van der Waals surface area contributed by atoms with Crippen molar-refractivity contribution in [2.24, 2.45) is 11.1 Å². The minimum atomic E-state index is -0.498. The Hall–Kier alpha value is -1.79. The lowest BCUT2D eigenvalue weighted by Gasteiger charge is -2.37. The average Bonchev–Trinajstić information content (AvgIpc) is 2.99. The zero-order valence-corrected chi connectivity index (χ0v) is 12.4. The molecule has 0 spiro atoms. The van der Waals surface area contributed by atoms with E-state index in [1.807, 2.05) is 0 Å². The first kappa shape index (κ1) is 15.1. The van der Waals surface area contributed by atoms with Gasteiger partial charge in [-0.15, -0.1) is 0 Å². The van der Waals surface area contributed by atoms with Gasteiger partial charge < -0.3 is 15.5 Å². The van der Waals surface area contributed by atoms with Crippen molar-refractivity contribution in [3.05, 3.63) is 41.9 Å². The summed E-state index contributed by atoms with van der Waals surface area (Å²) in [6, 6.07) is 3.03. The Labute approximate surface area is 127 Å². The SMILES string of the molecule is CC1([C@@H](N)c2ncc(-c3cc(F)ccc3F)[nH]2)CCOCC1. The van der Waals surface area contributed by atoms with Crippen molar-refractivity contribution >= 4 is 0 Å². The number of H-pyrrole nitrogens is 1. The molecule has 0 unspecified atom stereocenters. The molecule has 118 valence electrons. The van der Waals surface area contributed by atoms with E-state index < -0.39 is 11.6 Å². The normalized spacial score (nSPS) is 19.1. The molecule has 1 aromatic carbocycles. The van der Waals surface area contributed by atoms with Gasteiger partial charge in [0.05, 0.1) is 17.9 Å². The van der Waals surface area contributed by atoms with E-state index in [-0.39, 0.29) is 17.0 Å². The second kappa shape index (κ2) is 5.78. The van der Waals surface area contributed by atoms with Gasteiger partial charge in [-0.1, -0.05) is 6.92 Å². The molecular weight excluding hydrogens is 288 g/mol. The van der Waals surface area contributed by atoms with E-state index in [9.17, 15) is 8.78 Å². The average molecular weight is 307 g/mol. The highest BCUT2D eigenvalue weighted by atomic mass is 19.1. The van der Waals surface area contributed by atoms with E-state index in [4.69, 9.17) is 10.5 Å². The van der Waals surface area contributed by atoms with Gasteiger partial charge in [-0.2, -0.15) is 0 Å². The van der Waals surface area contributed by atoms with E-state index in [1.165, 1.54) is 6.20 Å². The summed E-state index contributed by atoms with van der Waals surface area (Å²) in [5.74, 6) is -0.404. The second-order valence-corrected chi connectivity index (χ2v) is 6.05. The summed E-state index contributed by atoms with van der Waals surface area (Å²) in [7, 11) is 0. The molecule has 0 saturated carbocycles. The molecule has 1 aliphatic heterocycles. The largest absolute Gasteiger partial charge is 0.381 e. The predicted octanol–water partition coefficient (Wildman–Crippen LogP) is 3.17. The summed E-state index contributed by atoms with van der Waals surface area (Å²) in [5.41, 5.74) is 6.81. The van der Waals surface area contributed by atoms with Crippen LogP contribution in [-0.4, -0.2) is 23.2 Å².